The minimum Gasteiger partial charge on any atom is -0.303 e. The highest BCUT2D eigenvalue weighted by atomic mass is 15.0. The van der Waals surface area contributed by atoms with E-state index in [0.29, 0.717) is 12.1 Å². The van der Waals surface area contributed by atoms with Gasteiger partial charge in [-0.25, -0.2) is 0 Å². The van der Waals surface area contributed by atoms with Crippen LogP contribution in [0.3, 0.4) is 0 Å². The van der Waals surface area contributed by atoms with Crippen LogP contribution in [0.5, 0.6) is 0 Å². The zero-order chi connectivity index (χ0) is 15.0. The molecule has 3 rings (SSSR count). The summed E-state index contributed by atoms with van der Waals surface area (Å²) in [5.41, 5.74) is 8.34. The fraction of sp³-hybridized carbons (Fsp3) is 0.400. The average Bonchev–Trinajstić information content (AvgIpc) is 2.85. The lowest BCUT2D eigenvalue weighted by Gasteiger charge is -2.17. The molecule has 0 radical (unpaired) electrons. The molecular weight excluding hydrogens is 254 g/mol. The number of hydrogen-bond acceptors (Lipinski definition) is 1. The van der Waals surface area contributed by atoms with Crippen molar-refractivity contribution in [3.63, 3.8) is 0 Å². The molecule has 0 spiro atoms. The van der Waals surface area contributed by atoms with Crippen molar-refractivity contribution in [1.29, 1.82) is 0 Å². The second-order valence-corrected chi connectivity index (χ2v) is 6.69. The van der Waals surface area contributed by atoms with Gasteiger partial charge in [-0.3, -0.25) is 0 Å². The first-order chi connectivity index (χ1) is 10.0. The van der Waals surface area contributed by atoms with Crippen molar-refractivity contribution >= 4 is 0 Å². The molecule has 1 fully saturated rings. The van der Waals surface area contributed by atoms with E-state index in [1.165, 1.54) is 46.2 Å². The molecule has 1 aliphatic rings. The van der Waals surface area contributed by atoms with Crippen molar-refractivity contribution in [2.75, 3.05) is 0 Å². The monoisotopic (exact) mass is 279 g/mol. The van der Waals surface area contributed by atoms with Crippen molar-refractivity contribution in [3.05, 3.63) is 69.8 Å². The Hall–Kier alpha value is -1.60. The molecule has 1 heteroatoms. The van der Waals surface area contributed by atoms with Crippen LogP contribution in [0.2, 0.25) is 0 Å². The molecule has 2 unspecified atom stereocenters. The highest BCUT2D eigenvalue weighted by Gasteiger charge is 2.26. The van der Waals surface area contributed by atoms with Crippen LogP contribution in [0.25, 0.3) is 0 Å². The van der Waals surface area contributed by atoms with E-state index in [-0.39, 0.29) is 0 Å². The lowest BCUT2D eigenvalue weighted by atomic mass is 9.99. The molecule has 0 aliphatic carbocycles. The quantitative estimate of drug-likeness (QED) is 0.807. The molecule has 1 N–H and O–H groups in total. The molecule has 0 saturated carbocycles. The Balaban J connectivity index is 1.81. The van der Waals surface area contributed by atoms with Gasteiger partial charge in [-0.1, -0.05) is 58.7 Å². The van der Waals surface area contributed by atoms with Crippen LogP contribution < -0.4 is 5.32 Å². The highest BCUT2D eigenvalue weighted by molar-refractivity contribution is 5.34. The molecule has 2 aromatic carbocycles. The summed E-state index contributed by atoms with van der Waals surface area (Å²) in [5.74, 6) is 0. The largest absolute Gasteiger partial charge is 0.303 e. The molecule has 110 valence electrons. The maximum atomic E-state index is 3.83. The number of nitrogens with one attached hydrogen (secondary N) is 1. The van der Waals surface area contributed by atoms with Gasteiger partial charge in [0.1, 0.15) is 0 Å². The summed E-state index contributed by atoms with van der Waals surface area (Å²) < 4.78 is 0. The van der Waals surface area contributed by atoms with E-state index in [2.05, 4.69) is 69.4 Å². The third-order valence-electron chi connectivity index (χ3n) is 4.44. The maximum Gasteiger partial charge on any atom is 0.0326 e. The third-order valence-corrected chi connectivity index (χ3v) is 4.44. The fourth-order valence-electron chi connectivity index (χ4n) is 3.69. The van der Waals surface area contributed by atoms with Crippen molar-refractivity contribution in [1.82, 2.24) is 5.32 Å². The van der Waals surface area contributed by atoms with Gasteiger partial charge in [-0.15, -0.1) is 0 Å². The Kier molecular flexibility index (Phi) is 3.86. The summed E-state index contributed by atoms with van der Waals surface area (Å²) in [7, 11) is 0. The SMILES string of the molecule is Cc1cc(C)cc(C2CCC(c3cc(C)cc(C)c3)N2)c1. The summed E-state index contributed by atoms with van der Waals surface area (Å²) in [5, 5.41) is 3.83. The van der Waals surface area contributed by atoms with Gasteiger partial charge >= 0.3 is 0 Å². The van der Waals surface area contributed by atoms with Crippen LogP contribution in [0.15, 0.2) is 36.4 Å². The molecule has 1 saturated heterocycles. The normalized spacial score (nSPS) is 21.7. The maximum absolute atomic E-state index is 3.83. The van der Waals surface area contributed by atoms with Gasteiger partial charge in [-0.05, 0) is 51.7 Å². The third kappa shape index (κ3) is 3.19. The minimum atomic E-state index is 0.495. The summed E-state index contributed by atoms with van der Waals surface area (Å²) in [6, 6.07) is 14.8. The summed E-state index contributed by atoms with van der Waals surface area (Å²) in [4.78, 5) is 0. The summed E-state index contributed by atoms with van der Waals surface area (Å²) in [6.45, 7) is 8.75. The lowest BCUT2D eigenvalue weighted by Crippen LogP contribution is -2.18. The predicted molar refractivity (Wildman–Crippen MR) is 89.7 cm³/mol. The molecule has 21 heavy (non-hydrogen) atoms. The van der Waals surface area contributed by atoms with Gasteiger partial charge in [0.25, 0.3) is 0 Å². The van der Waals surface area contributed by atoms with E-state index in [4.69, 9.17) is 0 Å². The van der Waals surface area contributed by atoms with Gasteiger partial charge in [0.2, 0.25) is 0 Å². The number of aryl methyl sites for hydroxylation is 4. The Morgan fingerprint density at radius 1 is 0.619 bits per heavy atom. The smallest absolute Gasteiger partial charge is 0.0326 e. The standard InChI is InChI=1S/C20H25N/c1-13-7-14(2)10-17(9-13)19-5-6-20(21-19)18-11-15(3)8-16(4)12-18/h7-12,19-21H,5-6H2,1-4H3. The molecular formula is C20H25N. The number of benzene rings is 2. The lowest BCUT2D eigenvalue weighted by molar-refractivity contribution is 0.573. The summed E-state index contributed by atoms with van der Waals surface area (Å²) in [6.07, 6.45) is 2.45. The molecule has 1 aliphatic heterocycles. The van der Waals surface area contributed by atoms with E-state index in [1.807, 2.05) is 0 Å². The van der Waals surface area contributed by atoms with Gasteiger partial charge in [0, 0.05) is 12.1 Å². The molecule has 0 aromatic heterocycles. The zero-order valence-corrected chi connectivity index (χ0v) is 13.5. The zero-order valence-electron chi connectivity index (χ0n) is 13.5. The average molecular weight is 279 g/mol. The van der Waals surface area contributed by atoms with Crippen LogP contribution >= 0.6 is 0 Å². The van der Waals surface area contributed by atoms with Crippen molar-refractivity contribution in [2.24, 2.45) is 0 Å². The van der Waals surface area contributed by atoms with Crippen LogP contribution in [0.1, 0.15) is 58.3 Å². The second kappa shape index (κ2) is 5.65. The van der Waals surface area contributed by atoms with E-state index in [1.54, 1.807) is 0 Å². The Morgan fingerprint density at radius 2 is 0.952 bits per heavy atom. The predicted octanol–water partition coefficient (Wildman–Crippen LogP) is 5.09. The van der Waals surface area contributed by atoms with Crippen LogP contribution in [0.4, 0.5) is 0 Å². The van der Waals surface area contributed by atoms with E-state index < -0.39 is 0 Å². The van der Waals surface area contributed by atoms with Crippen LogP contribution in [0, 0.1) is 27.7 Å². The molecule has 0 amide bonds. The Morgan fingerprint density at radius 3 is 1.29 bits per heavy atom. The first-order valence-corrected chi connectivity index (χ1v) is 7.94. The van der Waals surface area contributed by atoms with Crippen molar-refractivity contribution < 1.29 is 0 Å². The summed E-state index contributed by atoms with van der Waals surface area (Å²) >= 11 is 0. The molecule has 1 nitrogen and oxygen atoms in total. The molecule has 1 heterocycles. The van der Waals surface area contributed by atoms with E-state index in [0.717, 1.165) is 0 Å². The Bertz CT molecular complexity index is 559. The number of hydrogen-bond donors (Lipinski definition) is 1. The topological polar surface area (TPSA) is 12.0 Å². The first kappa shape index (κ1) is 14.3. The minimum absolute atomic E-state index is 0.495. The molecule has 2 atom stereocenters. The second-order valence-electron chi connectivity index (χ2n) is 6.69. The molecule has 0 bridgehead atoms. The molecule has 2 aromatic rings. The van der Waals surface area contributed by atoms with Gasteiger partial charge in [0.05, 0.1) is 0 Å². The van der Waals surface area contributed by atoms with Crippen LogP contribution in [-0.2, 0) is 0 Å². The van der Waals surface area contributed by atoms with Gasteiger partial charge in [0.15, 0.2) is 0 Å². The van der Waals surface area contributed by atoms with Gasteiger partial charge < -0.3 is 5.32 Å². The fourth-order valence-corrected chi connectivity index (χ4v) is 3.69. The van der Waals surface area contributed by atoms with Crippen LogP contribution in [-0.4, -0.2) is 0 Å². The highest BCUT2D eigenvalue weighted by Crippen LogP contribution is 2.35. The van der Waals surface area contributed by atoms with E-state index >= 15 is 0 Å². The first-order valence-electron chi connectivity index (χ1n) is 7.94. The number of rotatable bonds is 2. The van der Waals surface area contributed by atoms with E-state index in [9.17, 15) is 0 Å². The van der Waals surface area contributed by atoms with Crippen molar-refractivity contribution in [3.8, 4) is 0 Å². The van der Waals surface area contributed by atoms with Gasteiger partial charge in [-0.2, -0.15) is 0 Å². The Labute approximate surface area is 128 Å². The van der Waals surface area contributed by atoms with Crippen molar-refractivity contribution in [2.45, 2.75) is 52.6 Å².